The van der Waals surface area contributed by atoms with Crippen LogP contribution in [-0.2, 0) is 0 Å². The topological polar surface area (TPSA) is 12.0 Å². The van der Waals surface area contributed by atoms with Gasteiger partial charge in [-0.15, -0.1) is 6.58 Å². The molecule has 0 aliphatic rings. The minimum atomic E-state index is 1.16. The van der Waals surface area contributed by atoms with Crippen molar-refractivity contribution in [2.75, 3.05) is 13.1 Å². The van der Waals surface area contributed by atoms with Crippen LogP contribution in [0, 0.1) is 0 Å². The van der Waals surface area contributed by atoms with Crippen LogP contribution in [0.3, 0.4) is 0 Å². The van der Waals surface area contributed by atoms with Crippen LogP contribution < -0.4 is 5.32 Å². The smallest absolute Gasteiger partial charge is 0.00488 e. The van der Waals surface area contributed by atoms with Gasteiger partial charge in [-0.1, -0.05) is 12.5 Å². The number of rotatable bonds is 7. The van der Waals surface area contributed by atoms with E-state index in [0.717, 1.165) is 6.54 Å². The van der Waals surface area contributed by atoms with E-state index in [1.807, 2.05) is 0 Å². The quantitative estimate of drug-likeness (QED) is 0.440. The van der Waals surface area contributed by atoms with Crippen molar-refractivity contribution in [1.82, 2.24) is 5.32 Å². The largest absolute Gasteiger partial charge is 0.317 e. The van der Waals surface area contributed by atoms with Gasteiger partial charge in [0.15, 0.2) is 0 Å². The minimum absolute atomic E-state index is 1.16. The minimum Gasteiger partial charge on any atom is -0.317 e. The van der Waals surface area contributed by atoms with E-state index in [4.69, 9.17) is 0 Å². The van der Waals surface area contributed by atoms with Gasteiger partial charge in [0, 0.05) is 0 Å². The number of nitrogens with one attached hydrogen (secondary N) is 1. The van der Waals surface area contributed by atoms with E-state index < -0.39 is 0 Å². The van der Waals surface area contributed by atoms with Crippen LogP contribution in [0.25, 0.3) is 0 Å². The highest BCUT2D eigenvalue weighted by molar-refractivity contribution is 4.87. The molecule has 1 nitrogen and oxygen atoms in total. The molecule has 0 amide bonds. The van der Waals surface area contributed by atoms with E-state index in [2.05, 4.69) is 25.7 Å². The molecule has 0 aromatic carbocycles. The summed E-state index contributed by atoms with van der Waals surface area (Å²) in [5, 5.41) is 3.38. The van der Waals surface area contributed by atoms with Gasteiger partial charge >= 0.3 is 0 Å². The molecule has 0 radical (unpaired) electrons. The van der Waals surface area contributed by atoms with Crippen LogP contribution in [0.15, 0.2) is 12.2 Å². The summed E-state index contributed by atoms with van der Waals surface area (Å²) in [5.74, 6) is 0. The van der Waals surface area contributed by atoms with Crippen molar-refractivity contribution in [2.45, 2.75) is 39.5 Å². The van der Waals surface area contributed by atoms with Crippen LogP contribution in [0.1, 0.15) is 39.5 Å². The number of allylic oxidation sites excluding steroid dienone is 1. The lowest BCUT2D eigenvalue weighted by Crippen LogP contribution is -2.15. The van der Waals surface area contributed by atoms with Gasteiger partial charge < -0.3 is 5.32 Å². The second kappa shape index (κ2) is 7.80. The molecular weight excluding hydrogens is 134 g/mol. The Kier molecular flexibility index (Phi) is 7.59. The van der Waals surface area contributed by atoms with E-state index in [1.165, 1.54) is 37.8 Å². The van der Waals surface area contributed by atoms with Crippen molar-refractivity contribution < 1.29 is 0 Å². The lowest BCUT2D eigenvalue weighted by molar-refractivity contribution is 0.616. The molecule has 0 fully saturated rings. The second-order valence-corrected chi connectivity index (χ2v) is 3.16. The monoisotopic (exact) mass is 155 g/mol. The summed E-state index contributed by atoms with van der Waals surface area (Å²) >= 11 is 0. The Labute approximate surface area is 70.9 Å². The van der Waals surface area contributed by atoms with Gasteiger partial charge in [0.2, 0.25) is 0 Å². The summed E-state index contributed by atoms with van der Waals surface area (Å²) in [5.41, 5.74) is 1.31. The molecule has 0 bridgehead atoms. The van der Waals surface area contributed by atoms with Crippen molar-refractivity contribution >= 4 is 0 Å². The maximum Gasteiger partial charge on any atom is -0.00488 e. The molecular formula is C10H21N. The van der Waals surface area contributed by atoms with Crippen LogP contribution >= 0.6 is 0 Å². The van der Waals surface area contributed by atoms with E-state index in [9.17, 15) is 0 Å². The third-order valence-electron chi connectivity index (χ3n) is 1.63. The van der Waals surface area contributed by atoms with E-state index in [0.29, 0.717) is 0 Å². The van der Waals surface area contributed by atoms with E-state index in [-0.39, 0.29) is 0 Å². The molecule has 0 unspecified atom stereocenters. The zero-order chi connectivity index (χ0) is 8.53. The molecule has 1 heteroatoms. The molecule has 0 aliphatic heterocycles. The lowest BCUT2D eigenvalue weighted by atomic mass is 10.1. The Morgan fingerprint density at radius 2 is 2.00 bits per heavy atom. The summed E-state index contributed by atoms with van der Waals surface area (Å²) in [4.78, 5) is 0. The number of hydrogen-bond donors (Lipinski definition) is 1. The lowest BCUT2D eigenvalue weighted by Gasteiger charge is -2.01. The highest BCUT2D eigenvalue weighted by Crippen LogP contribution is 2.02. The summed E-state index contributed by atoms with van der Waals surface area (Å²) < 4.78 is 0. The molecule has 0 saturated carbocycles. The molecule has 0 aromatic rings. The van der Waals surface area contributed by atoms with Gasteiger partial charge in [-0.05, 0) is 45.7 Å². The molecule has 11 heavy (non-hydrogen) atoms. The van der Waals surface area contributed by atoms with Crippen LogP contribution in [0.4, 0.5) is 0 Å². The SMILES string of the molecule is C=C(C)CCCCNCCC. The average Bonchev–Trinajstić information content (AvgIpc) is 1.96. The van der Waals surface area contributed by atoms with Gasteiger partial charge in [0.25, 0.3) is 0 Å². The highest BCUT2D eigenvalue weighted by Gasteiger charge is 1.88. The summed E-state index contributed by atoms with van der Waals surface area (Å²) in [6.07, 6.45) is 4.99. The third-order valence-corrected chi connectivity index (χ3v) is 1.63. The molecule has 0 rings (SSSR count). The Morgan fingerprint density at radius 3 is 2.55 bits per heavy atom. The van der Waals surface area contributed by atoms with Crippen molar-refractivity contribution in [1.29, 1.82) is 0 Å². The maximum absolute atomic E-state index is 3.87. The first-order valence-corrected chi connectivity index (χ1v) is 4.62. The fourth-order valence-electron chi connectivity index (χ4n) is 0.979. The Balaban J connectivity index is 2.85. The molecule has 0 heterocycles. The van der Waals surface area contributed by atoms with Gasteiger partial charge in [-0.25, -0.2) is 0 Å². The molecule has 0 atom stereocenters. The highest BCUT2D eigenvalue weighted by atomic mass is 14.8. The fraction of sp³-hybridized carbons (Fsp3) is 0.800. The van der Waals surface area contributed by atoms with E-state index >= 15 is 0 Å². The molecule has 0 saturated heterocycles. The summed E-state index contributed by atoms with van der Waals surface area (Å²) in [7, 11) is 0. The summed E-state index contributed by atoms with van der Waals surface area (Å²) in [6.45, 7) is 10.5. The van der Waals surface area contributed by atoms with Gasteiger partial charge in [-0.3, -0.25) is 0 Å². The van der Waals surface area contributed by atoms with Gasteiger partial charge in [0.1, 0.15) is 0 Å². The van der Waals surface area contributed by atoms with Gasteiger partial charge in [-0.2, -0.15) is 0 Å². The molecule has 66 valence electrons. The Bertz CT molecular complexity index is 97.0. The standard InChI is InChI=1S/C10H21N/c1-4-8-11-9-6-5-7-10(2)3/h11H,2,4-9H2,1,3H3. The zero-order valence-corrected chi connectivity index (χ0v) is 7.95. The fourth-order valence-corrected chi connectivity index (χ4v) is 0.979. The average molecular weight is 155 g/mol. The molecule has 0 aliphatic carbocycles. The Hall–Kier alpha value is -0.300. The first-order valence-electron chi connectivity index (χ1n) is 4.62. The van der Waals surface area contributed by atoms with Gasteiger partial charge in [0.05, 0.1) is 0 Å². The first kappa shape index (κ1) is 10.7. The van der Waals surface area contributed by atoms with Crippen molar-refractivity contribution in [3.8, 4) is 0 Å². The van der Waals surface area contributed by atoms with Crippen LogP contribution in [0.5, 0.6) is 0 Å². The first-order chi connectivity index (χ1) is 5.27. The second-order valence-electron chi connectivity index (χ2n) is 3.16. The van der Waals surface area contributed by atoms with Crippen molar-refractivity contribution in [3.63, 3.8) is 0 Å². The van der Waals surface area contributed by atoms with E-state index in [1.54, 1.807) is 0 Å². The molecule has 0 spiro atoms. The van der Waals surface area contributed by atoms with Crippen LogP contribution in [0.2, 0.25) is 0 Å². The number of unbranched alkanes of at least 4 members (excludes halogenated alkanes) is 1. The third kappa shape index (κ3) is 9.70. The predicted octanol–water partition coefficient (Wildman–Crippen LogP) is 2.73. The molecule has 1 N–H and O–H groups in total. The number of hydrogen-bond acceptors (Lipinski definition) is 1. The Morgan fingerprint density at radius 1 is 1.27 bits per heavy atom. The van der Waals surface area contributed by atoms with Crippen molar-refractivity contribution in [3.05, 3.63) is 12.2 Å². The predicted molar refractivity (Wildman–Crippen MR) is 51.8 cm³/mol. The van der Waals surface area contributed by atoms with Crippen LogP contribution in [-0.4, -0.2) is 13.1 Å². The molecule has 0 aromatic heterocycles. The zero-order valence-electron chi connectivity index (χ0n) is 7.95. The maximum atomic E-state index is 3.87. The summed E-state index contributed by atoms with van der Waals surface area (Å²) in [6, 6.07) is 0. The van der Waals surface area contributed by atoms with Crippen molar-refractivity contribution in [2.24, 2.45) is 0 Å². The normalized spacial score (nSPS) is 10.0.